The number of nitrogens with zero attached hydrogens (tertiary/aromatic N) is 4. The molecule has 8 rings (SSSR count). The number of nitrogens with one attached hydrogen (secondary N) is 1. The SMILES string of the molecule is CC1CN(CC2CCN(c3ccc(C(=C(CCCl)c4ccccc4)c4ccc(O)cc4)cc3)CC2)CC(C)N1c1ccc2c(c1)C(=O)N(C1CCC(=O)NC1=O)C2=O. The van der Waals surface area contributed by atoms with Crippen molar-refractivity contribution in [2.75, 3.05) is 48.4 Å². The summed E-state index contributed by atoms with van der Waals surface area (Å²) in [5.41, 5.74) is 8.32. The van der Waals surface area contributed by atoms with E-state index in [9.17, 15) is 24.3 Å². The highest BCUT2D eigenvalue weighted by Crippen LogP contribution is 2.37. The number of benzene rings is 4. The number of piperazine rings is 1. The van der Waals surface area contributed by atoms with Crippen LogP contribution >= 0.6 is 11.6 Å². The lowest BCUT2D eigenvalue weighted by Crippen LogP contribution is -2.58. The number of phenols is 1. The number of fused-ring (bicyclic) bond motifs is 1. The van der Waals surface area contributed by atoms with E-state index in [4.69, 9.17) is 11.6 Å². The van der Waals surface area contributed by atoms with Gasteiger partial charge in [0.15, 0.2) is 0 Å². The van der Waals surface area contributed by atoms with Crippen LogP contribution < -0.4 is 15.1 Å². The summed E-state index contributed by atoms with van der Waals surface area (Å²) in [7, 11) is 0. The summed E-state index contributed by atoms with van der Waals surface area (Å²) in [6.45, 7) is 9.24. The minimum atomic E-state index is -0.976. The van der Waals surface area contributed by atoms with Crippen LogP contribution in [0.3, 0.4) is 0 Å². The molecule has 4 aliphatic heterocycles. The van der Waals surface area contributed by atoms with Crippen LogP contribution in [-0.2, 0) is 9.59 Å². The Labute approximate surface area is 345 Å². The van der Waals surface area contributed by atoms with Crippen molar-refractivity contribution in [3.8, 4) is 5.75 Å². The number of hydrogen-bond donors (Lipinski definition) is 2. The molecule has 0 aliphatic carbocycles. The molecule has 4 amide bonds. The standard InChI is InChI=1S/C47H50ClN5O5/c1-30-27-50(28-31(2)52(30)37-14-17-40-41(26-37)47(58)53(46(40)57)42-18-19-43(55)49-45(42)56)29-32-21-24-51(25-22-32)36-12-8-34(9-13-36)44(35-10-15-38(54)16-11-35)39(20-23-48)33-6-4-3-5-7-33/h3-17,26,30-32,42,54H,18-25,27-29H2,1-2H3,(H,49,55,56). The van der Waals surface area contributed by atoms with E-state index in [0.29, 0.717) is 29.3 Å². The third-order valence-electron chi connectivity index (χ3n) is 12.3. The highest BCUT2D eigenvalue weighted by Gasteiger charge is 2.45. The molecule has 11 heteroatoms. The molecular formula is C47H50ClN5O5. The molecule has 3 fully saturated rings. The summed E-state index contributed by atoms with van der Waals surface area (Å²) in [5.74, 6) is -0.618. The maximum Gasteiger partial charge on any atom is 0.262 e. The zero-order chi connectivity index (χ0) is 40.5. The monoisotopic (exact) mass is 799 g/mol. The number of allylic oxidation sites excluding steroid dienone is 1. The first-order chi connectivity index (χ1) is 28.1. The lowest BCUT2D eigenvalue weighted by Gasteiger charge is -2.47. The van der Waals surface area contributed by atoms with Gasteiger partial charge in [-0.3, -0.25) is 34.3 Å². The number of carbonyl (C=O) groups excluding carboxylic acids is 4. The first-order valence-corrected chi connectivity index (χ1v) is 21.0. The highest BCUT2D eigenvalue weighted by atomic mass is 35.5. The molecule has 0 saturated carbocycles. The maximum absolute atomic E-state index is 13.5. The summed E-state index contributed by atoms with van der Waals surface area (Å²) >= 11 is 6.37. The number of phenolic OH excluding ortho intramolecular Hbond substituents is 1. The molecule has 3 atom stereocenters. The quantitative estimate of drug-likeness (QED) is 0.0985. The van der Waals surface area contributed by atoms with Gasteiger partial charge in [-0.25, -0.2) is 0 Å². The molecule has 0 radical (unpaired) electrons. The molecule has 0 spiro atoms. The molecule has 58 heavy (non-hydrogen) atoms. The van der Waals surface area contributed by atoms with Gasteiger partial charge >= 0.3 is 0 Å². The van der Waals surface area contributed by atoms with Gasteiger partial charge < -0.3 is 14.9 Å². The number of hydrogen-bond acceptors (Lipinski definition) is 8. The van der Waals surface area contributed by atoms with Gasteiger partial charge in [-0.2, -0.15) is 0 Å². The Morgan fingerprint density at radius 1 is 0.741 bits per heavy atom. The molecule has 0 aromatic heterocycles. The van der Waals surface area contributed by atoms with Gasteiger partial charge in [-0.1, -0.05) is 54.6 Å². The second-order valence-corrected chi connectivity index (χ2v) is 16.6. The number of halogens is 1. The predicted octanol–water partition coefficient (Wildman–Crippen LogP) is 7.20. The van der Waals surface area contributed by atoms with Gasteiger partial charge in [0, 0.05) is 68.5 Å². The average Bonchev–Trinajstić information content (AvgIpc) is 3.47. The largest absolute Gasteiger partial charge is 0.508 e. The molecular weight excluding hydrogens is 750 g/mol. The van der Waals surface area contributed by atoms with Gasteiger partial charge in [0.05, 0.1) is 11.1 Å². The smallest absolute Gasteiger partial charge is 0.262 e. The Kier molecular flexibility index (Phi) is 11.4. The second-order valence-electron chi connectivity index (χ2n) is 16.2. The van der Waals surface area contributed by atoms with Gasteiger partial charge in [0.1, 0.15) is 11.8 Å². The van der Waals surface area contributed by atoms with Crippen molar-refractivity contribution in [2.45, 2.75) is 64.1 Å². The summed E-state index contributed by atoms with van der Waals surface area (Å²) in [6, 6.07) is 31.5. The van der Waals surface area contributed by atoms with Crippen molar-refractivity contribution in [2.24, 2.45) is 5.92 Å². The number of rotatable bonds is 10. The highest BCUT2D eigenvalue weighted by molar-refractivity contribution is 6.23. The van der Waals surface area contributed by atoms with Crippen LogP contribution in [0.15, 0.2) is 97.1 Å². The Balaban J connectivity index is 0.896. The number of imide groups is 2. The van der Waals surface area contributed by atoms with Gasteiger partial charge in [0.2, 0.25) is 11.8 Å². The fourth-order valence-electron chi connectivity index (χ4n) is 9.58. The van der Waals surface area contributed by atoms with Crippen molar-refractivity contribution < 1.29 is 24.3 Å². The van der Waals surface area contributed by atoms with Gasteiger partial charge in [-0.15, -0.1) is 11.6 Å². The molecule has 10 nitrogen and oxygen atoms in total. The number of alkyl halides is 1. The van der Waals surface area contributed by atoms with Crippen LogP contribution in [0.5, 0.6) is 5.75 Å². The Bertz CT molecular complexity index is 2210. The average molecular weight is 800 g/mol. The lowest BCUT2D eigenvalue weighted by molar-refractivity contribution is -0.136. The van der Waals surface area contributed by atoms with Crippen molar-refractivity contribution in [1.82, 2.24) is 15.1 Å². The van der Waals surface area contributed by atoms with Crippen molar-refractivity contribution in [3.05, 3.63) is 125 Å². The number of carbonyl (C=O) groups is 4. The molecule has 3 unspecified atom stereocenters. The van der Waals surface area contributed by atoms with E-state index in [1.807, 2.05) is 24.3 Å². The third kappa shape index (κ3) is 7.87. The van der Waals surface area contributed by atoms with Crippen LogP contribution in [-0.4, -0.2) is 95.3 Å². The Hall–Kier alpha value is -5.45. The Morgan fingerprint density at radius 2 is 1.36 bits per heavy atom. The first kappa shape index (κ1) is 39.4. The predicted molar refractivity (Wildman–Crippen MR) is 228 cm³/mol. The van der Waals surface area contributed by atoms with Crippen molar-refractivity contribution in [1.29, 1.82) is 0 Å². The molecule has 4 aromatic rings. The minimum Gasteiger partial charge on any atom is -0.508 e. The fraction of sp³-hybridized carbons (Fsp3) is 0.362. The van der Waals surface area contributed by atoms with Crippen LogP contribution in [0.2, 0.25) is 0 Å². The second kappa shape index (κ2) is 16.8. The van der Waals surface area contributed by atoms with Gasteiger partial charge in [-0.05, 0) is 116 Å². The number of piperidine rings is 2. The van der Waals surface area contributed by atoms with Crippen molar-refractivity contribution in [3.63, 3.8) is 0 Å². The minimum absolute atomic E-state index is 0.0937. The maximum atomic E-state index is 13.5. The zero-order valence-electron chi connectivity index (χ0n) is 33.1. The third-order valence-corrected chi connectivity index (χ3v) is 12.5. The molecule has 4 aliphatic rings. The number of aromatic hydroxyl groups is 1. The summed E-state index contributed by atoms with van der Waals surface area (Å²) < 4.78 is 0. The molecule has 4 aromatic carbocycles. The van der Waals surface area contributed by atoms with Crippen molar-refractivity contribution >= 4 is 57.8 Å². The first-order valence-electron chi connectivity index (χ1n) is 20.4. The lowest BCUT2D eigenvalue weighted by atomic mass is 9.88. The molecule has 3 saturated heterocycles. The van der Waals surface area contributed by atoms with E-state index in [0.717, 1.165) is 78.4 Å². The van der Waals surface area contributed by atoms with E-state index in [1.54, 1.807) is 24.3 Å². The van der Waals surface area contributed by atoms with Crippen LogP contribution in [0.25, 0.3) is 11.1 Å². The van der Waals surface area contributed by atoms with E-state index in [-0.39, 0.29) is 36.6 Å². The molecule has 4 heterocycles. The molecule has 2 N–H and O–H groups in total. The van der Waals surface area contributed by atoms with Crippen LogP contribution in [0, 0.1) is 5.92 Å². The molecule has 0 bridgehead atoms. The zero-order valence-corrected chi connectivity index (χ0v) is 33.8. The summed E-state index contributed by atoms with van der Waals surface area (Å²) in [4.78, 5) is 59.5. The summed E-state index contributed by atoms with van der Waals surface area (Å²) in [6.07, 6.45) is 3.17. The number of anilines is 2. The van der Waals surface area contributed by atoms with Crippen LogP contribution in [0.4, 0.5) is 11.4 Å². The normalized spacial score (nSPS) is 22.3. The van der Waals surface area contributed by atoms with E-state index < -0.39 is 23.8 Å². The fourth-order valence-corrected chi connectivity index (χ4v) is 9.77. The molecule has 300 valence electrons. The van der Waals surface area contributed by atoms with E-state index in [1.165, 1.54) is 11.3 Å². The van der Waals surface area contributed by atoms with Gasteiger partial charge in [0.25, 0.3) is 11.8 Å². The number of amides is 4. The van der Waals surface area contributed by atoms with Crippen LogP contribution in [0.1, 0.15) is 83.4 Å². The topological polar surface area (TPSA) is 114 Å². The summed E-state index contributed by atoms with van der Waals surface area (Å²) in [5, 5.41) is 12.3. The van der Waals surface area contributed by atoms with E-state index in [2.05, 4.69) is 82.4 Å². The Morgan fingerprint density at radius 3 is 2.00 bits per heavy atom. The van der Waals surface area contributed by atoms with E-state index >= 15 is 0 Å².